The third kappa shape index (κ3) is 1.98. The summed E-state index contributed by atoms with van der Waals surface area (Å²) in [6, 6.07) is 5.70. The lowest BCUT2D eigenvalue weighted by Gasteiger charge is -2.56. The summed E-state index contributed by atoms with van der Waals surface area (Å²) in [4.78, 5) is 0.0324. The van der Waals surface area contributed by atoms with Crippen LogP contribution in [-0.2, 0) is 22.0 Å². The third-order valence-corrected chi connectivity index (χ3v) is 6.76. The number of piperidine rings is 1. The Morgan fingerprint density at radius 1 is 1.24 bits per heavy atom. The molecule has 2 fully saturated rings. The summed E-state index contributed by atoms with van der Waals surface area (Å²) < 4.78 is 32.1. The van der Waals surface area contributed by atoms with Crippen LogP contribution in [0.5, 0.6) is 0 Å². The first-order chi connectivity index (χ1) is 10.0. The maximum Gasteiger partial charge on any atom is 0.294 e. The summed E-state index contributed by atoms with van der Waals surface area (Å²) in [6.07, 6.45) is 7.09. The van der Waals surface area contributed by atoms with Gasteiger partial charge in [0.05, 0.1) is 4.90 Å². The lowest BCUT2D eigenvalue weighted by atomic mass is 9.53. The molecule has 0 spiro atoms. The number of nitrogens with one attached hydrogen (secondary N) is 1. The van der Waals surface area contributed by atoms with Crippen LogP contribution >= 0.6 is 0 Å². The van der Waals surface area contributed by atoms with E-state index in [-0.39, 0.29) is 10.3 Å². The Balaban J connectivity index is 1.88. The third-order valence-electron chi connectivity index (χ3n) is 5.91. The minimum absolute atomic E-state index is 0.0324. The molecule has 4 nitrogen and oxygen atoms in total. The van der Waals surface area contributed by atoms with E-state index < -0.39 is 10.1 Å². The van der Waals surface area contributed by atoms with Gasteiger partial charge in [-0.3, -0.25) is 4.55 Å². The van der Waals surface area contributed by atoms with E-state index >= 15 is 0 Å². The molecule has 0 aromatic heterocycles. The molecular formula is C16H21NO3S. The first kappa shape index (κ1) is 13.7. The zero-order valence-corrected chi connectivity index (χ0v) is 12.8. The molecule has 21 heavy (non-hydrogen) atoms. The molecule has 1 saturated carbocycles. The maximum atomic E-state index is 11.4. The fraction of sp³-hybridized carbons (Fsp3) is 0.625. The van der Waals surface area contributed by atoms with Crippen molar-refractivity contribution in [2.45, 2.75) is 54.9 Å². The minimum atomic E-state index is -4.11. The molecule has 1 aliphatic heterocycles. The Kier molecular flexibility index (Phi) is 2.97. The summed E-state index contributed by atoms with van der Waals surface area (Å²) in [5, 5.41) is 3.63. The van der Waals surface area contributed by atoms with E-state index in [0.717, 1.165) is 24.9 Å². The van der Waals surface area contributed by atoms with E-state index in [0.29, 0.717) is 12.0 Å². The summed E-state index contributed by atoms with van der Waals surface area (Å²) in [5.41, 5.74) is 2.69. The van der Waals surface area contributed by atoms with Crippen molar-refractivity contribution in [2.24, 2.45) is 5.92 Å². The molecule has 114 valence electrons. The predicted molar refractivity (Wildman–Crippen MR) is 80.0 cm³/mol. The molecular weight excluding hydrogens is 286 g/mol. The van der Waals surface area contributed by atoms with E-state index in [1.165, 1.54) is 31.2 Å². The van der Waals surface area contributed by atoms with Crippen molar-refractivity contribution >= 4 is 10.1 Å². The molecule has 0 radical (unpaired) electrons. The predicted octanol–water partition coefficient (Wildman–Crippen LogP) is 2.28. The van der Waals surface area contributed by atoms with Crippen LogP contribution in [0.25, 0.3) is 0 Å². The van der Waals surface area contributed by atoms with Crippen LogP contribution in [0.1, 0.15) is 43.2 Å². The summed E-state index contributed by atoms with van der Waals surface area (Å²) in [6.45, 7) is 1.06. The van der Waals surface area contributed by atoms with Crippen molar-refractivity contribution in [3.63, 3.8) is 0 Å². The number of rotatable bonds is 1. The van der Waals surface area contributed by atoms with Crippen molar-refractivity contribution in [2.75, 3.05) is 6.54 Å². The Labute approximate surface area is 125 Å². The van der Waals surface area contributed by atoms with Gasteiger partial charge in [0.25, 0.3) is 10.1 Å². The van der Waals surface area contributed by atoms with Crippen molar-refractivity contribution in [1.82, 2.24) is 5.32 Å². The first-order valence-corrected chi connectivity index (χ1v) is 9.29. The second kappa shape index (κ2) is 4.54. The second-order valence-electron chi connectivity index (χ2n) is 6.82. The van der Waals surface area contributed by atoms with Crippen molar-refractivity contribution < 1.29 is 13.0 Å². The average molecular weight is 307 g/mol. The van der Waals surface area contributed by atoms with Crippen molar-refractivity contribution in [3.05, 3.63) is 29.3 Å². The van der Waals surface area contributed by atoms with Gasteiger partial charge >= 0.3 is 0 Å². The Hall–Kier alpha value is -0.910. The van der Waals surface area contributed by atoms with Gasteiger partial charge < -0.3 is 5.32 Å². The highest BCUT2D eigenvalue weighted by Gasteiger charge is 2.51. The van der Waals surface area contributed by atoms with Gasteiger partial charge in [0.15, 0.2) is 0 Å². The fourth-order valence-electron chi connectivity index (χ4n) is 5.09. The van der Waals surface area contributed by atoms with Gasteiger partial charge in [-0.15, -0.1) is 0 Å². The van der Waals surface area contributed by atoms with Crippen molar-refractivity contribution in [1.29, 1.82) is 0 Å². The van der Waals surface area contributed by atoms with Gasteiger partial charge in [-0.05, 0) is 61.4 Å². The Bertz CT molecular complexity index is 681. The van der Waals surface area contributed by atoms with E-state index in [2.05, 4.69) is 5.32 Å². The molecule has 0 amide bonds. The van der Waals surface area contributed by atoms with E-state index in [1.54, 1.807) is 12.1 Å². The van der Waals surface area contributed by atoms with Crippen LogP contribution in [0.3, 0.4) is 0 Å². The topological polar surface area (TPSA) is 66.4 Å². The summed E-state index contributed by atoms with van der Waals surface area (Å²) in [5.74, 6) is 0.684. The first-order valence-electron chi connectivity index (χ1n) is 7.85. The molecule has 1 aromatic carbocycles. The second-order valence-corrected chi connectivity index (χ2v) is 8.24. The quantitative estimate of drug-likeness (QED) is 0.781. The standard InChI is InChI=1S/C16H21NO3S/c18-21(19,20)12-4-5-13-11(9-12)10-15-14-3-1-2-6-16(13,14)7-8-17-15/h4-5,9,14-15,17H,1-3,6-8,10H2,(H,18,19,20)/t14-,15+,16-/m0/s1. The Morgan fingerprint density at radius 3 is 2.90 bits per heavy atom. The molecule has 2 aliphatic carbocycles. The van der Waals surface area contributed by atoms with Crippen molar-refractivity contribution in [3.8, 4) is 0 Å². The fourth-order valence-corrected chi connectivity index (χ4v) is 5.62. The highest BCUT2D eigenvalue weighted by Crippen LogP contribution is 2.53. The number of hydrogen-bond acceptors (Lipinski definition) is 3. The van der Waals surface area contributed by atoms with Crippen LogP contribution in [0.4, 0.5) is 0 Å². The maximum absolute atomic E-state index is 11.4. The van der Waals surface area contributed by atoms with E-state index in [1.807, 2.05) is 6.07 Å². The van der Waals surface area contributed by atoms with Gasteiger partial charge in [-0.25, -0.2) is 0 Å². The smallest absolute Gasteiger partial charge is 0.294 e. The molecule has 3 atom stereocenters. The van der Waals surface area contributed by atoms with Crippen LogP contribution in [-0.4, -0.2) is 25.6 Å². The molecule has 5 heteroatoms. The monoisotopic (exact) mass is 307 g/mol. The van der Waals surface area contributed by atoms with Crippen LogP contribution in [0.15, 0.2) is 23.1 Å². The van der Waals surface area contributed by atoms with Gasteiger partial charge in [0.2, 0.25) is 0 Å². The lowest BCUT2D eigenvalue weighted by Crippen LogP contribution is -2.59. The molecule has 1 heterocycles. The number of hydrogen-bond donors (Lipinski definition) is 2. The zero-order chi connectivity index (χ0) is 14.7. The van der Waals surface area contributed by atoms with E-state index in [9.17, 15) is 13.0 Å². The molecule has 4 rings (SSSR count). The van der Waals surface area contributed by atoms with Gasteiger partial charge in [-0.1, -0.05) is 18.9 Å². The molecule has 2 bridgehead atoms. The SMILES string of the molecule is O=S(=O)(O)c1ccc2c(c1)C[C@H]1NCC[C@@]23CCCC[C@@H]13. The highest BCUT2D eigenvalue weighted by molar-refractivity contribution is 7.85. The lowest BCUT2D eigenvalue weighted by molar-refractivity contribution is 0.0796. The normalized spacial score (nSPS) is 34.9. The average Bonchev–Trinajstić information content (AvgIpc) is 2.45. The molecule has 1 aromatic rings. The van der Waals surface area contributed by atoms with Crippen LogP contribution < -0.4 is 5.32 Å². The van der Waals surface area contributed by atoms with E-state index in [4.69, 9.17) is 0 Å². The van der Waals surface area contributed by atoms with Gasteiger partial charge in [-0.2, -0.15) is 8.42 Å². The summed E-state index contributed by atoms with van der Waals surface area (Å²) in [7, 11) is -4.11. The molecule has 2 N–H and O–H groups in total. The minimum Gasteiger partial charge on any atom is -0.313 e. The Morgan fingerprint density at radius 2 is 2.10 bits per heavy atom. The molecule has 1 saturated heterocycles. The zero-order valence-electron chi connectivity index (χ0n) is 12.0. The summed E-state index contributed by atoms with van der Waals surface area (Å²) >= 11 is 0. The van der Waals surface area contributed by atoms with Gasteiger partial charge in [0, 0.05) is 11.5 Å². The number of fused-ring (bicyclic) bond motifs is 1. The van der Waals surface area contributed by atoms with Crippen LogP contribution in [0.2, 0.25) is 0 Å². The highest BCUT2D eigenvalue weighted by atomic mass is 32.2. The van der Waals surface area contributed by atoms with Gasteiger partial charge in [0.1, 0.15) is 0 Å². The number of benzene rings is 1. The molecule has 3 aliphatic rings. The largest absolute Gasteiger partial charge is 0.313 e. The molecule has 0 unspecified atom stereocenters. The van der Waals surface area contributed by atoms with Crippen LogP contribution in [0, 0.1) is 5.92 Å².